The maximum atomic E-state index is 5.89. The van der Waals surface area contributed by atoms with Crippen LogP contribution in [0, 0.1) is 28.6 Å². The van der Waals surface area contributed by atoms with Gasteiger partial charge in [-0.05, 0) is 86.5 Å². The van der Waals surface area contributed by atoms with Gasteiger partial charge in [0.1, 0.15) is 0 Å². The molecule has 4 aliphatic carbocycles. The van der Waals surface area contributed by atoms with Gasteiger partial charge in [-0.2, -0.15) is 0 Å². The third-order valence-corrected chi connectivity index (χ3v) is 5.82. The molecule has 0 radical (unpaired) electrons. The Kier molecular flexibility index (Phi) is 2.81. The van der Waals surface area contributed by atoms with Crippen molar-refractivity contribution in [1.29, 1.82) is 0 Å². The molecule has 2 N–H and O–H groups in total. The van der Waals surface area contributed by atoms with Crippen LogP contribution in [0.2, 0.25) is 0 Å². The highest BCUT2D eigenvalue weighted by atomic mass is 14.6. The Bertz CT molecular complexity index is 274. The van der Waals surface area contributed by atoms with E-state index in [0.717, 1.165) is 29.7 Å². The van der Waals surface area contributed by atoms with Crippen LogP contribution in [-0.2, 0) is 0 Å². The van der Waals surface area contributed by atoms with E-state index in [9.17, 15) is 0 Å². The van der Waals surface area contributed by atoms with Gasteiger partial charge in [-0.1, -0.05) is 13.8 Å². The van der Waals surface area contributed by atoms with E-state index < -0.39 is 0 Å². The van der Waals surface area contributed by atoms with E-state index in [1.807, 2.05) is 0 Å². The van der Waals surface area contributed by atoms with Crippen molar-refractivity contribution in [2.45, 2.75) is 65.2 Å². The molecular weight excluding hydrogens is 206 g/mol. The van der Waals surface area contributed by atoms with E-state index in [4.69, 9.17) is 5.73 Å². The first-order valence-corrected chi connectivity index (χ1v) is 7.75. The van der Waals surface area contributed by atoms with Crippen LogP contribution in [-0.4, -0.2) is 6.54 Å². The number of rotatable bonds is 4. The van der Waals surface area contributed by atoms with Crippen LogP contribution >= 0.6 is 0 Å². The second-order valence-corrected chi connectivity index (χ2v) is 8.10. The van der Waals surface area contributed by atoms with Crippen molar-refractivity contribution in [2.24, 2.45) is 34.3 Å². The highest BCUT2D eigenvalue weighted by Crippen LogP contribution is 2.67. The van der Waals surface area contributed by atoms with Gasteiger partial charge in [0.15, 0.2) is 0 Å². The minimum absolute atomic E-state index is 0.674. The molecule has 0 aromatic rings. The van der Waals surface area contributed by atoms with Gasteiger partial charge < -0.3 is 5.73 Å². The van der Waals surface area contributed by atoms with Crippen LogP contribution in [0.3, 0.4) is 0 Å². The van der Waals surface area contributed by atoms with Gasteiger partial charge in [0.05, 0.1) is 0 Å². The monoisotopic (exact) mass is 235 g/mol. The van der Waals surface area contributed by atoms with Crippen molar-refractivity contribution < 1.29 is 0 Å². The summed E-state index contributed by atoms with van der Waals surface area (Å²) in [5.74, 6) is 2.99. The van der Waals surface area contributed by atoms with Crippen molar-refractivity contribution in [3.05, 3.63) is 0 Å². The summed E-state index contributed by atoms with van der Waals surface area (Å²) in [5, 5.41) is 0. The zero-order valence-electron chi connectivity index (χ0n) is 11.7. The highest BCUT2D eigenvalue weighted by Gasteiger charge is 2.56. The fourth-order valence-corrected chi connectivity index (χ4v) is 6.35. The van der Waals surface area contributed by atoms with Crippen LogP contribution in [0.15, 0.2) is 0 Å². The van der Waals surface area contributed by atoms with E-state index in [1.165, 1.54) is 32.1 Å². The fraction of sp³-hybridized carbons (Fsp3) is 1.00. The molecule has 0 aliphatic heterocycles. The molecule has 17 heavy (non-hydrogen) atoms. The first kappa shape index (κ1) is 12.0. The molecule has 4 saturated carbocycles. The summed E-state index contributed by atoms with van der Waals surface area (Å²) in [6.07, 6.45) is 12.0. The molecule has 4 aliphatic rings. The lowest BCUT2D eigenvalue weighted by atomic mass is 9.42. The lowest BCUT2D eigenvalue weighted by Gasteiger charge is -2.63. The number of hydrogen-bond acceptors (Lipinski definition) is 1. The molecule has 4 rings (SSSR count). The van der Waals surface area contributed by atoms with Crippen molar-refractivity contribution in [3.63, 3.8) is 0 Å². The van der Waals surface area contributed by atoms with Gasteiger partial charge in [-0.25, -0.2) is 0 Å². The van der Waals surface area contributed by atoms with Crippen LogP contribution in [0.1, 0.15) is 65.2 Å². The third-order valence-electron chi connectivity index (χ3n) is 5.82. The summed E-state index contributed by atoms with van der Waals surface area (Å²) < 4.78 is 0. The van der Waals surface area contributed by atoms with Crippen LogP contribution in [0.25, 0.3) is 0 Å². The lowest BCUT2D eigenvalue weighted by molar-refractivity contribution is -0.120. The maximum absolute atomic E-state index is 5.89. The minimum atomic E-state index is 0.674. The Morgan fingerprint density at radius 2 is 1.65 bits per heavy atom. The average molecular weight is 235 g/mol. The summed E-state index contributed by atoms with van der Waals surface area (Å²) >= 11 is 0. The second-order valence-electron chi connectivity index (χ2n) is 8.10. The van der Waals surface area contributed by atoms with E-state index in [2.05, 4.69) is 13.8 Å². The summed E-state index contributed by atoms with van der Waals surface area (Å²) in [6, 6.07) is 0. The molecule has 0 amide bonds. The summed E-state index contributed by atoms with van der Waals surface area (Å²) in [7, 11) is 0. The Labute approximate surface area is 107 Å². The normalized spacial score (nSPS) is 48.0. The fourth-order valence-electron chi connectivity index (χ4n) is 6.35. The molecule has 2 atom stereocenters. The second kappa shape index (κ2) is 3.98. The molecule has 4 bridgehead atoms. The minimum Gasteiger partial charge on any atom is -0.330 e. The third kappa shape index (κ3) is 2.05. The van der Waals surface area contributed by atoms with Crippen LogP contribution in [0.5, 0.6) is 0 Å². The summed E-state index contributed by atoms with van der Waals surface area (Å²) in [6.45, 7) is 5.74. The van der Waals surface area contributed by atoms with E-state index in [-0.39, 0.29) is 0 Å². The van der Waals surface area contributed by atoms with E-state index in [1.54, 1.807) is 19.3 Å². The predicted octanol–water partition coefficient (Wildman–Crippen LogP) is 3.97. The summed E-state index contributed by atoms with van der Waals surface area (Å²) in [4.78, 5) is 0. The van der Waals surface area contributed by atoms with E-state index in [0.29, 0.717) is 5.41 Å². The molecule has 1 heteroatoms. The van der Waals surface area contributed by atoms with Crippen LogP contribution < -0.4 is 5.73 Å². The van der Waals surface area contributed by atoms with Gasteiger partial charge in [0.25, 0.3) is 0 Å². The van der Waals surface area contributed by atoms with Crippen molar-refractivity contribution in [3.8, 4) is 0 Å². The molecule has 0 saturated heterocycles. The number of nitrogens with two attached hydrogens (primary N) is 1. The van der Waals surface area contributed by atoms with Crippen molar-refractivity contribution in [1.82, 2.24) is 0 Å². The molecular formula is C16H29N. The van der Waals surface area contributed by atoms with Gasteiger partial charge in [-0.15, -0.1) is 0 Å². The Morgan fingerprint density at radius 3 is 2.18 bits per heavy atom. The van der Waals surface area contributed by atoms with Gasteiger partial charge in [0.2, 0.25) is 0 Å². The SMILES string of the molecule is CC(C)CC12CC3CC(CC(CCN)(C3)C1)C2. The smallest absolute Gasteiger partial charge is 0.00720 e. The quantitative estimate of drug-likeness (QED) is 0.784. The van der Waals surface area contributed by atoms with Crippen LogP contribution in [0.4, 0.5) is 0 Å². The van der Waals surface area contributed by atoms with Gasteiger partial charge in [0, 0.05) is 0 Å². The molecule has 98 valence electrons. The molecule has 0 aromatic carbocycles. The zero-order chi connectivity index (χ0) is 12.1. The zero-order valence-corrected chi connectivity index (χ0v) is 11.7. The largest absolute Gasteiger partial charge is 0.330 e. The summed E-state index contributed by atoms with van der Waals surface area (Å²) in [5.41, 5.74) is 7.30. The lowest BCUT2D eigenvalue weighted by Crippen LogP contribution is -2.52. The standard InChI is InChI=1S/C16H29N/c1-12(2)6-16-9-13-5-14(10-16)8-15(7-13,11-16)3-4-17/h12-14H,3-11,17H2,1-2H3. The Hall–Kier alpha value is -0.0400. The van der Waals surface area contributed by atoms with Gasteiger partial charge >= 0.3 is 0 Å². The molecule has 4 fully saturated rings. The van der Waals surface area contributed by atoms with Gasteiger partial charge in [-0.3, -0.25) is 0 Å². The van der Waals surface area contributed by atoms with E-state index >= 15 is 0 Å². The molecule has 2 unspecified atom stereocenters. The molecule has 0 spiro atoms. The predicted molar refractivity (Wildman–Crippen MR) is 72.7 cm³/mol. The average Bonchev–Trinajstić information content (AvgIpc) is 2.11. The number of hydrogen-bond donors (Lipinski definition) is 1. The molecule has 0 heterocycles. The molecule has 1 nitrogen and oxygen atoms in total. The maximum Gasteiger partial charge on any atom is -0.00720 e. The topological polar surface area (TPSA) is 26.0 Å². The Balaban J connectivity index is 1.84. The first-order valence-electron chi connectivity index (χ1n) is 7.75. The first-order chi connectivity index (χ1) is 8.05. The highest BCUT2D eigenvalue weighted by molar-refractivity contribution is 5.07. The molecule has 0 aromatic heterocycles. The van der Waals surface area contributed by atoms with Crippen molar-refractivity contribution in [2.75, 3.05) is 6.54 Å². The van der Waals surface area contributed by atoms with Crippen molar-refractivity contribution >= 4 is 0 Å². The Morgan fingerprint density at radius 1 is 1.06 bits per heavy atom.